The van der Waals surface area contributed by atoms with E-state index in [0.29, 0.717) is 19.6 Å². The standard InChI is InChI=1S/C26H25FN4OS/c27-21-6-8-22(9-7-21)29-14-16-30(17-15-29)25(32)18-31-13-11-23-24(31)10-12-28-26(23)33-19-20-4-2-1-3-5-20/h1-13H,14-19H2. The monoisotopic (exact) mass is 460 g/mol. The summed E-state index contributed by atoms with van der Waals surface area (Å²) in [5.41, 5.74) is 3.28. The molecule has 1 amide bonds. The largest absolute Gasteiger partial charge is 0.368 e. The average molecular weight is 461 g/mol. The number of hydrogen-bond acceptors (Lipinski definition) is 4. The molecule has 0 saturated carbocycles. The zero-order chi connectivity index (χ0) is 22.6. The van der Waals surface area contributed by atoms with E-state index in [-0.39, 0.29) is 11.7 Å². The second-order valence-electron chi connectivity index (χ2n) is 8.11. The fraction of sp³-hybridized carbons (Fsp3) is 0.231. The van der Waals surface area contributed by atoms with Crippen LogP contribution in [0.25, 0.3) is 10.9 Å². The van der Waals surface area contributed by atoms with Gasteiger partial charge in [0.1, 0.15) is 17.4 Å². The lowest BCUT2D eigenvalue weighted by molar-refractivity contribution is -0.132. The number of benzene rings is 2. The zero-order valence-corrected chi connectivity index (χ0v) is 19.0. The van der Waals surface area contributed by atoms with Gasteiger partial charge in [0.25, 0.3) is 0 Å². The molecule has 5 rings (SSSR count). The number of thioether (sulfide) groups is 1. The summed E-state index contributed by atoms with van der Waals surface area (Å²) in [6.07, 6.45) is 3.80. The van der Waals surface area contributed by atoms with Gasteiger partial charge < -0.3 is 14.4 Å². The van der Waals surface area contributed by atoms with Gasteiger partial charge in [0.2, 0.25) is 5.91 Å². The lowest BCUT2D eigenvalue weighted by Crippen LogP contribution is -2.49. The van der Waals surface area contributed by atoms with Crippen LogP contribution in [0.2, 0.25) is 0 Å². The van der Waals surface area contributed by atoms with Gasteiger partial charge in [0, 0.05) is 55.4 Å². The number of carbonyl (C=O) groups excluding carboxylic acids is 1. The maximum atomic E-state index is 13.2. The molecule has 1 aliphatic rings. The van der Waals surface area contributed by atoms with Gasteiger partial charge in [-0.05, 0) is 42.0 Å². The molecule has 0 bridgehead atoms. The summed E-state index contributed by atoms with van der Waals surface area (Å²) in [6, 6.07) is 20.9. The predicted molar refractivity (Wildman–Crippen MR) is 131 cm³/mol. The first-order valence-electron chi connectivity index (χ1n) is 11.1. The van der Waals surface area contributed by atoms with Crippen LogP contribution < -0.4 is 4.90 Å². The molecule has 0 N–H and O–H groups in total. The highest BCUT2D eigenvalue weighted by Crippen LogP contribution is 2.29. The van der Waals surface area contributed by atoms with E-state index in [1.165, 1.54) is 17.7 Å². The zero-order valence-electron chi connectivity index (χ0n) is 18.2. The Kier molecular flexibility index (Phi) is 6.30. The predicted octanol–water partition coefficient (Wildman–Crippen LogP) is 4.82. The number of hydrogen-bond donors (Lipinski definition) is 0. The van der Waals surface area contributed by atoms with E-state index >= 15 is 0 Å². The maximum Gasteiger partial charge on any atom is 0.242 e. The number of nitrogens with zero attached hydrogens (tertiary/aromatic N) is 4. The van der Waals surface area contributed by atoms with Crippen molar-refractivity contribution in [2.75, 3.05) is 31.1 Å². The van der Waals surface area contributed by atoms with E-state index < -0.39 is 0 Å². The number of fused-ring (bicyclic) bond motifs is 1. The molecule has 4 aromatic rings. The minimum atomic E-state index is -0.233. The highest BCUT2D eigenvalue weighted by molar-refractivity contribution is 7.98. The second-order valence-corrected chi connectivity index (χ2v) is 9.08. The lowest BCUT2D eigenvalue weighted by atomic mass is 10.2. The molecule has 0 unspecified atom stereocenters. The summed E-state index contributed by atoms with van der Waals surface area (Å²) in [5, 5.41) is 2.06. The molecule has 1 fully saturated rings. The van der Waals surface area contributed by atoms with E-state index in [9.17, 15) is 9.18 Å². The lowest BCUT2D eigenvalue weighted by Gasteiger charge is -2.36. The summed E-state index contributed by atoms with van der Waals surface area (Å²) in [5.74, 6) is 0.736. The van der Waals surface area contributed by atoms with Crippen molar-refractivity contribution in [2.24, 2.45) is 0 Å². The van der Waals surface area contributed by atoms with Gasteiger partial charge in [-0.2, -0.15) is 0 Å². The summed E-state index contributed by atoms with van der Waals surface area (Å²) < 4.78 is 15.2. The molecule has 2 aromatic carbocycles. The van der Waals surface area contributed by atoms with Crippen LogP contribution in [-0.4, -0.2) is 46.5 Å². The third-order valence-electron chi connectivity index (χ3n) is 6.01. The molecule has 168 valence electrons. The Morgan fingerprint density at radius 2 is 1.70 bits per heavy atom. The van der Waals surface area contributed by atoms with Gasteiger partial charge in [-0.15, -0.1) is 11.8 Å². The molecule has 0 radical (unpaired) electrons. The summed E-state index contributed by atoms with van der Waals surface area (Å²) in [6.45, 7) is 3.12. The summed E-state index contributed by atoms with van der Waals surface area (Å²) in [4.78, 5) is 21.7. The SMILES string of the molecule is O=C(Cn1ccc2c(SCc3ccccc3)nccc21)N1CCN(c2ccc(F)cc2)CC1. The first kappa shape index (κ1) is 21.5. The minimum Gasteiger partial charge on any atom is -0.368 e. The highest BCUT2D eigenvalue weighted by Gasteiger charge is 2.22. The minimum absolute atomic E-state index is 0.113. The number of amides is 1. The molecule has 3 heterocycles. The first-order chi connectivity index (χ1) is 16.2. The van der Waals surface area contributed by atoms with Gasteiger partial charge in [-0.3, -0.25) is 4.79 Å². The first-order valence-corrected chi connectivity index (χ1v) is 12.0. The van der Waals surface area contributed by atoms with Crippen molar-refractivity contribution in [1.29, 1.82) is 0 Å². The molecule has 0 atom stereocenters. The van der Waals surface area contributed by atoms with Crippen LogP contribution in [0.3, 0.4) is 0 Å². The van der Waals surface area contributed by atoms with Crippen molar-refractivity contribution in [2.45, 2.75) is 17.3 Å². The number of pyridine rings is 1. The smallest absolute Gasteiger partial charge is 0.242 e. The van der Waals surface area contributed by atoms with Crippen molar-refractivity contribution >= 4 is 34.3 Å². The van der Waals surface area contributed by atoms with Gasteiger partial charge in [0.15, 0.2) is 0 Å². The maximum absolute atomic E-state index is 13.2. The molecule has 1 aliphatic heterocycles. The van der Waals surface area contributed by atoms with Crippen LogP contribution in [0.1, 0.15) is 5.56 Å². The third kappa shape index (κ3) is 4.88. The molecule has 33 heavy (non-hydrogen) atoms. The Bertz CT molecular complexity index is 1230. The molecular formula is C26H25FN4OS. The van der Waals surface area contributed by atoms with Crippen molar-refractivity contribution in [3.05, 3.63) is 90.5 Å². The number of halogens is 1. The fourth-order valence-electron chi connectivity index (χ4n) is 4.19. The molecule has 0 spiro atoms. The molecule has 7 heteroatoms. The molecule has 1 saturated heterocycles. The van der Waals surface area contributed by atoms with Crippen LogP contribution in [0.15, 0.2) is 84.1 Å². The second kappa shape index (κ2) is 9.67. The Morgan fingerprint density at radius 3 is 2.45 bits per heavy atom. The van der Waals surface area contributed by atoms with Crippen LogP contribution in [-0.2, 0) is 17.1 Å². The van der Waals surface area contributed by atoms with Crippen LogP contribution in [0.5, 0.6) is 0 Å². The normalized spacial score (nSPS) is 14.1. The van der Waals surface area contributed by atoms with Crippen molar-refractivity contribution in [3.8, 4) is 0 Å². The van der Waals surface area contributed by atoms with Gasteiger partial charge in [-0.1, -0.05) is 30.3 Å². The molecular weight excluding hydrogens is 435 g/mol. The van der Waals surface area contributed by atoms with Crippen molar-refractivity contribution in [3.63, 3.8) is 0 Å². The fourth-order valence-corrected chi connectivity index (χ4v) is 5.15. The Hall–Kier alpha value is -3.32. The van der Waals surface area contributed by atoms with Gasteiger partial charge in [0.05, 0.1) is 5.52 Å². The highest BCUT2D eigenvalue weighted by atomic mass is 32.2. The molecule has 0 aliphatic carbocycles. The topological polar surface area (TPSA) is 41.4 Å². The van der Waals surface area contributed by atoms with E-state index in [4.69, 9.17) is 0 Å². The third-order valence-corrected chi connectivity index (χ3v) is 7.09. The van der Waals surface area contributed by atoms with E-state index in [0.717, 1.165) is 40.5 Å². The van der Waals surface area contributed by atoms with E-state index in [1.54, 1.807) is 23.9 Å². The molecule has 2 aromatic heterocycles. The number of piperazine rings is 1. The number of aromatic nitrogens is 2. The Morgan fingerprint density at radius 1 is 0.939 bits per heavy atom. The van der Waals surface area contributed by atoms with Crippen molar-refractivity contribution in [1.82, 2.24) is 14.5 Å². The van der Waals surface area contributed by atoms with Crippen molar-refractivity contribution < 1.29 is 9.18 Å². The molecule has 5 nitrogen and oxygen atoms in total. The quantitative estimate of drug-likeness (QED) is 0.387. The van der Waals surface area contributed by atoms with E-state index in [1.807, 2.05) is 46.1 Å². The Balaban J connectivity index is 1.22. The van der Waals surface area contributed by atoms with Crippen LogP contribution in [0, 0.1) is 5.82 Å². The summed E-state index contributed by atoms with van der Waals surface area (Å²) >= 11 is 1.71. The number of carbonyl (C=O) groups is 1. The Labute approximate surface area is 196 Å². The van der Waals surface area contributed by atoms with E-state index in [2.05, 4.69) is 28.1 Å². The number of anilines is 1. The summed E-state index contributed by atoms with van der Waals surface area (Å²) in [7, 11) is 0. The van der Waals surface area contributed by atoms with Gasteiger partial charge in [-0.25, -0.2) is 9.37 Å². The van der Waals surface area contributed by atoms with Crippen LogP contribution >= 0.6 is 11.8 Å². The average Bonchev–Trinajstić information content (AvgIpc) is 3.27. The van der Waals surface area contributed by atoms with Gasteiger partial charge >= 0.3 is 0 Å². The van der Waals surface area contributed by atoms with Crippen LogP contribution in [0.4, 0.5) is 10.1 Å². The number of rotatable bonds is 6.